The summed E-state index contributed by atoms with van der Waals surface area (Å²) < 4.78 is 1.87. The summed E-state index contributed by atoms with van der Waals surface area (Å²) in [6.07, 6.45) is 10.5. The van der Waals surface area contributed by atoms with Crippen molar-refractivity contribution < 1.29 is 5.11 Å². The summed E-state index contributed by atoms with van der Waals surface area (Å²) in [7, 11) is 1.96. The maximum absolute atomic E-state index is 10.7. The molecule has 6 nitrogen and oxygen atoms in total. The first-order valence-electron chi connectivity index (χ1n) is 9.34. The van der Waals surface area contributed by atoms with Gasteiger partial charge in [0.15, 0.2) is 5.96 Å². The van der Waals surface area contributed by atoms with E-state index < -0.39 is 5.60 Å². The van der Waals surface area contributed by atoms with Crippen molar-refractivity contribution in [1.29, 1.82) is 0 Å². The minimum atomic E-state index is -0.596. The Labute approximate surface area is 145 Å². The van der Waals surface area contributed by atoms with Gasteiger partial charge in [0.1, 0.15) is 0 Å². The van der Waals surface area contributed by atoms with Crippen LogP contribution in [0.3, 0.4) is 0 Å². The Morgan fingerprint density at radius 1 is 1.42 bits per heavy atom. The Kier molecular flexibility index (Phi) is 5.43. The number of aryl methyl sites for hydroxylation is 1. The molecule has 2 heterocycles. The second-order valence-electron chi connectivity index (χ2n) is 7.33. The summed E-state index contributed by atoms with van der Waals surface area (Å²) >= 11 is 0. The monoisotopic (exact) mass is 333 g/mol. The lowest BCUT2D eigenvalue weighted by molar-refractivity contribution is 0.0130. The standard InChI is InChI=1S/C18H31N5O/c1-3-19-17(20-14-18(24)8-5-4-6-9-18)23-10-7-15(13-23)16-11-21-22(2)12-16/h11-12,15,24H,3-10,13-14H2,1-2H3,(H,19,20). The molecule has 1 atom stereocenters. The molecule has 1 saturated carbocycles. The van der Waals surface area contributed by atoms with Gasteiger partial charge in [0.25, 0.3) is 0 Å². The van der Waals surface area contributed by atoms with Crippen LogP contribution in [-0.4, -0.2) is 57.5 Å². The van der Waals surface area contributed by atoms with Crippen LogP contribution in [0.2, 0.25) is 0 Å². The van der Waals surface area contributed by atoms with Gasteiger partial charge in [-0.3, -0.25) is 9.67 Å². The number of guanidine groups is 1. The van der Waals surface area contributed by atoms with Gasteiger partial charge in [-0.25, -0.2) is 0 Å². The van der Waals surface area contributed by atoms with Gasteiger partial charge < -0.3 is 15.3 Å². The number of nitrogens with one attached hydrogen (secondary N) is 1. The quantitative estimate of drug-likeness (QED) is 0.652. The molecule has 0 amide bonds. The third kappa shape index (κ3) is 4.09. The van der Waals surface area contributed by atoms with E-state index in [0.717, 1.165) is 57.7 Å². The summed E-state index contributed by atoms with van der Waals surface area (Å²) in [5.74, 6) is 1.46. The average Bonchev–Trinajstić information content (AvgIpc) is 3.21. The number of rotatable bonds is 4. The fourth-order valence-electron chi connectivity index (χ4n) is 3.89. The molecule has 1 unspecified atom stereocenters. The van der Waals surface area contributed by atoms with Crippen LogP contribution in [0.15, 0.2) is 17.4 Å². The van der Waals surface area contributed by atoms with Crippen LogP contribution in [0.4, 0.5) is 0 Å². The van der Waals surface area contributed by atoms with Gasteiger partial charge >= 0.3 is 0 Å². The lowest BCUT2D eigenvalue weighted by Gasteiger charge is -2.31. The molecule has 1 aliphatic heterocycles. The first-order chi connectivity index (χ1) is 11.6. The molecular weight excluding hydrogens is 302 g/mol. The molecule has 3 rings (SSSR count). The highest BCUT2D eigenvalue weighted by Gasteiger charge is 2.31. The maximum atomic E-state index is 10.7. The lowest BCUT2D eigenvalue weighted by Crippen LogP contribution is -2.42. The van der Waals surface area contributed by atoms with Crippen LogP contribution in [-0.2, 0) is 7.05 Å². The van der Waals surface area contributed by atoms with Crippen LogP contribution >= 0.6 is 0 Å². The number of nitrogens with zero attached hydrogens (tertiary/aromatic N) is 4. The van der Waals surface area contributed by atoms with Crippen molar-refractivity contribution in [2.24, 2.45) is 12.0 Å². The van der Waals surface area contributed by atoms with Crippen molar-refractivity contribution in [1.82, 2.24) is 20.0 Å². The smallest absolute Gasteiger partial charge is 0.194 e. The van der Waals surface area contributed by atoms with Crippen LogP contribution in [0.1, 0.15) is 56.9 Å². The number of aliphatic imine (C=N–C) groups is 1. The van der Waals surface area contributed by atoms with Gasteiger partial charge in [-0.2, -0.15) is 5.10 Å². The summed E-state index contributed by atoms with van der Waals surface area (Å²) in [5.41, 5.74) is 0.711. The van der Waals surface area contributed by atoms with E-state index in [1.54, 1.807) is 0 Å². The molecule has 24 heavy (non-hydrogen) atoms. The van der Waals surface area contributed by atoms with Gasteiger partial charge in [0, 0.05) is 38.8 Å². The van der Waals surface area contributed by atoms with E-state index in [9.17, 15) is 5.11 Å². The maximum Gasteiger partial charge on any atom is 0.194 e. The van der Waals surface area contributed by atoms with Crippen LogP contribution in [0.25, 0.3) is 0 Å². The second-order valence-corrected chi connectivity index (χ2v) is 7.33. The highest BCUT2D eigenvalue weighted by Crippen LogP contribution is 2.29. The molecule has 2 aliphatic rings. The van der Waals surface area contributed by atoms with E-state index in [4.69, 9.17) is 4.99 Å². The molecule has 134 valence electrons. The minimum Gasteiger partial charge on any atom is -0.388 e. The molecule has 0 aromatic carbocycles. The number of aliphatic hydroxyl groups is 1. The zero-order chi connectivity index (χ0) is 17.0. The predicted molar refractivity (Wildman–Crippen MR) is 96.2 cm³/mol. The number of hydrogen-bond donors (Lipinski definition) is 2. The Morgan fingerprint density at radius 2 is 2.21 bits per heavy atom. The van der Waals surface area contributed by atoms with Crippen molar-refractivity contribution in [3.8, 4) is 0 Å². The molecule has 1 aromatic heterocycles. The first kappa shape index (κ1) is 17.3. The summed E-state index contributed by atoms with van der Waals surface area (Å²) in [6.45, 7) is 5.44. The van der Waals surface area contributed by atoms with Crippen LogP contribution < -0.4 is 5.32 Å². The fraction of sp³-hybridized carbons (Fsp3) is 0.778. The third-order valence-electron chi connectivity index (χ3n) is 5.33. The minimum absolute atomic E-state index is 0.514. The highest BCUT2D eigenvalue weighted by molar-refractivity contribution is 5.80. The van der Waals surface area contributed by atoms with Gasteiger partial charge in [-0.05, 0) is 31.7 Å². The number of likely N-dealkylation sites (tertiary alicyclic amines) is 1. The van der Waals surface area contributed by atoms with Gasteiger partial charge in [-0.15, -0.1) is 0 Å². The fourth-order valence-corrected chi connectivity index (χ4v) is 3.89. The third-order valence-corrected chi connectivity index (χ3v) is 5.33. The lowest BCUT2D eigenvalue weighted by atomic mass is 9.85. The molecule has 1 aromatic rings. The molecule has 1 aliphatic carbocycles. The van der Waals surface area contributed by atoms with E-state index in [0.29, 0.717) is 12.5 Å². The van der Waals surface area contributed by atoms with E-state index in [1.165, 1.54) is 12.0 Å². The molecule has 0 spiro atoms. The topological polar surface area (TPSA) is 65.7 Å². The van der Waals surface area contributed by atoms with E-state index in [2.05, 4.69) is 28.4 Å². The molecule has 0 bridgehead atoms. The van der Waals surface area contributed by atoms with Crippen molar-refractivity contribution in [2.75, 3.05) is 26.2 Å². The zero-order valence-corrected chi connectivity index (χ0v) is 15.0. The average molecular weight is 333 g/mol. The Bertz CT molecular complexity index is 562. The first-order valence-corrected chi connectivity index (χ1v) is 9.34. The SMILES string of the molecule is CCNC(=NCC1(O)CCCCC1)N1CCC(c2cnn(C)c2)C1. The van der Waals surface area contributed by atoms with Gasteiger partial charge in [0.05, 0.1) is 18.3 Å². The van der Waals surface area contributed by atoms with E-state index >= 15 is 0 Å². The van der Waals surface area contributed by atoms with Crippen molar-refractivity contribution in [3.05, 3.63) is 18.0 Å². The highest BCUT2D eigenvalue weighted by atomic mass is 16.3. The van der Waals surface area contributed by atoms with E-state index in [-0.39, 0.29) is 0 Å². The predicted octanol–water partition coefficient (Wildman–Crippen LogP) is 1.87. The molecule has 1 saturated heterocycles. The Morgan fingerprint density at radius 3 is 2.88 bits per heavy atom. The summed E-state index contributed by atoms with van der Waals surface area (Å²) in [5, 5.41) is 18.4. The molecule has 2 N–H and O–H groups in total. The number of aromatic nitrogens is 2. The molecule has 2 fully saturated rings. The zero-order valence-electron chi connectivity index (χ0n) is 15.0. The Hall–Kier alpha value is -1.56. The van der Waals surface area contributed by atoms with Crippen molar-refractivity contribution in [3.63, 3.8) is 0 Å². The largest absolute Gasteiger partial charge is 0.388 e. The van der Waals surface area contributed by atoms with Crippen LogP contribution in [0.5, 0.6) is 0 Å². The van der Waals surface area contributed by atoms with Crippen molar-refractivity contribution in [2.45, 2.75) is 57.0 Å². The summed E-state index contributed by atoms with van der Waals surface area (Å²) in [4.78, 5) is 7.11. The molecule has 6 heteroatoms. The Balaban J connectivity index is 1.63. The van der Waals surface area contributed by atoms with Crippen LogP contribution in [0, 0.1) is 0 Å². The molecule has 0 radical (unpaired) electrons. The normalized spacial score (nSPS) is 24.4. The second kappa shape index (κ2) is 7.55. The van der Waals surface area contributed by atoms with Crippen molar-refractivity contribution >= 4 is 5.96 Å². The number of hydrogen-bond acceptors (Lipinski definition) is 3. The van der Waals surface area contributed by atoms with Gasteiger partial charge in [0.2, 0.25) is 0 Å². The molecular formula is C18H31N5O. The van der Waals surface area contributed by atoms with Gasteiger partial charge in [-0.1, -0.05) is 19.3 Å². The summed E-state index contributed by atoms with van der Waals surface area (Å²) in [6, 6.07) is 0. The van der Waals surface area contributed by atoms with E-state index in [1.807, 2.05) is 17.9 Å².